The van der Waals surface area contributed by atoms with Gasteiger partial charge in [0.25, 0.3) is 5.91 Å². The molecule has 0 radical (unpaired) electrons. The molecule has 0 heterocycles. The Labute approximate surface area is 142 Å². The maximum Gasteiger partial charge on any atom is 0.338 e. The molecule has 0 unspecified atom stereocenters. The second-order valence-electron chi connectivity index (χ2n) is 4.70. The van der Waals surface area contributed by atoms with Gasteiger partial charge in [-0.25, -0.2) is 9.18 Å². The van der Waals surface area contributed by atoms with Gasteiger partial charge in [0.15, 0.2) is 6.10 Å². The molecule has 0 spiro atoms. The van der Waals surface area contributed by atoms with E-state index in [1.54, 1.807) is 0 Å². The van der Waals surface area contributed by atoms with E-state index in [1.165, 1.54) is 37.3 Å². The van der Waals surface area contributed by atoms with Crippen molar-refractivity contribution in [1.82, 2.24) is 0 Å². The van der Waals surface area contributed by atoms with Gasteiger partial charge in [0.05, 0.1) is 5.56 Å². The van der Waals surface area contributed by atoms with Gasteiger partial charge in [-0.2, -0.15) is 0 Å². The van der Waals surface area contributed by atoms with Crippen LogP contribution in [0.15, 0.2) is 42.5 Å². The van der Waals surface area contributed by atoms with Crippen LogP contribution in [-0.4, -0.2) is 18.0 Å². The molecular formula is C16H12Cl2FNO3. The number of ether oxygens (including phenoxy) is 1. The first kappa shape index (κ1) is 17.2. The molecule has 0 bridgehead atoms. The minimum absolute atomic E-state index is 0.150. The fraction of sp³-hybridized carbons (Fsp3) is 0.125. The molecule has 120 valence electrons. The predicted molar refractivity (Wildman–Crippen MR) is 86.4 cm³/mol. The first-order valence-electron chi connectivity index (χ1n) is 6.58. The Balaban J connectivity index is 1.99. The number of hydrogen-bond donors (Lipinski definition) is 1. The van der Waals surface area contributed by atoms with Gasteiger partial charge < -0.3 is 10.1 Å². The molecular weight excluding hydrogens is 344 g/mol. The van der Waals surface area contributed by atoms with Gasteiger partial charge in [0, 0.05) is 15.7 Å². The molecule has 2 aromatic carbocycles. The van der Waals surface area contributed by atoms with Gasteiger partial charge in [0.1, 0.15) is 5.82 Å². The van der Waals surface area contributed by atoms with E-state index in [0.717, 1.165) is 12.1 Å². The summed E-state index contributed by atoms with van der Waals surface area (Å²) in [6.07, 6.45) is -1.05. The molecule has 4 nitrogen and oxygen atoms in total. The summed E-state index contributed by atoms with van der Waals surface area (Å²) in [5.41, 5.74) is 0.536. The molecule has 7 heteroatoms. The normalized spacial score (nSPS) is 11.7. The highest BCUT2D eigenvalue weighted by Crippen LogP contribution is 2.22. The highest BCUT2D eigenvalue weighted by Gasteiger charge is 2.19. The van der Waals surface area contributed by atoms with Crippen molar-refractivity contribution >= 4 is 40.8 Å². The molecule has 0 saturated heterocycles. The van der Waals surface area contributed by atoms with Crippen LogP contribution in [0.25, 0.3) is 0 Å². The summed E-state index contributed by atoms with van der Waals surface area (Å²) in [6, 6.07) is 9.37. The third-order valence-electron chi connectivity index (χ3n) is 2.86. The standard InChI is InChI=1S/C16H12Cl2FNO3/c1-9(23-16(22)10-2-4-13(19)5-3-10)15(21)20-14-7-11(17)6-12(18)8-14/h2-9H,1H3,(H,20,21)/t9-/m0/s1. The monoisotopic (exact) mass is 355 g/mol. The molecule has 2 aromatic rings. The fourth-order valence-corrected chi connectivity index (χ4v) is 2.26. The first-order valence-corrected chi connectivity index (χ1v) is 7.34. The molecule has 1 amide bonds. The highest BCUT2D eigenvalue weighted by atomic mass is 35.5. The highest BCUT2D eigenvalue weighted by molar-refractivity contribution is 6.35. The van der Waals surface area contributed by atoms with Crippen LogP contribution in [0.1, 0.15) is 17.3 Å². The molecule has 0 aliphatic rings. The van der Waals surface area contributed by atoms with Gasteiger partial charge >= 0.3 is 5.97 Å². The zero-order chi connectivity index (χ0) is 17.0. The van der Waals surface area contributed by atoms with Crippen molar-refractivity contribution in [1.29, 1.82) is 0 Å². The predicted octanol–water partition coefficient (Wildman–Crippen LogP) is 4.32. The zero-order valence-corrected chi connectivity index (χ0v) is 13.5. The molecule has 2 rings (SSSR count). The summed E-state index contributed by atoms with van der Waals surface area (Å²) >= 11 is 11.7. The summed E-state index contributed by atoms with van der Waals surface area (Å²) < 4.78 is 17.8. The smallest absolute Gasteiger partial charge is 0.338 e. The van der Waals surface area contributed by atoms with E-state index in [1.807, 2.05) is 0 Å². The first-order chi connectivity index (χ1) is 10.8. The largest absolute Gasteiger partial charge is 0.449 e. The lowest BCUT2D eigenvalue weighted by atomic mass is 10.2. The van der Waals surface area contributed by atoms with E-state index in [2.05, 4.69) is 5.32 Å². The number of anilines is 1. The van der Waals surface area contributed by atoms with Crippen LogP contribution in [0.2, 0.25) is 10.0 Å². The number of amides is 1. The van der Waals surface area contributed by atoms with Gasteiger partial charge in [-0.05, 0) is 49.4 Å². The van der Waals surface area contributed by atoms with Crippen LogP contribution in [0.3, 0.4) is 0 Å². The van der Waals surface area contributed by atoms with Crippen LogP contribution < -0.4 is 5.32 Å². The Kier molecular flexibility index (Phi) is 5.58. The van der Waals surface area contributed by atoms with Crippen LogP contribution in [0.5, 0.6) is 0 Å². The number of carbonyl (C=O) groups is 2. The summed E-state index contributed by atoms with van der Waals surface area (Å²) in [5, 5.41) is 3.27. The van der Waals surface area contributed by atoms with E-state index >= 15 is 0 Å². The van der Waals surface area contributed by atoms with Crippen LogP contribution >= 0.6 is 23.2 Å². The average molecular weight is 356 g/mol. The van der Waals surface area contributed by atoms with Gasteiger partial charge in [-0.15, -0.1) is 0 Å². The lowest BCUT2D eigenvalue weighted by Gasteiger charge is -2.14. The van der Waals surface area contributed by atoms with E-state index < -0.39 is 23.8 Å². The van der Waals surface area contributed by atoms with Gasteiger partial charge in [-0.1, -0.05) is 23.2 Å². The van der Waals surface area contributed by atoms with E-state index in [0.29, 0.717) is 15.7 Å². The third kappa shape index (κ3) is 4.94. The van der Waals surface area contributed by atoms with Crippen LogP contribution in [0.4, 0.5) is 10.1 Å². The average Bonchev–Trinajstić information content (AvgIpc) is 2.46. The fourth-order valence-electron chi connectivity index (χ4n) is 1.74. The number of esters is 1. The zero-order valence-electron chi connectivity index (χ0n) is 12.0. The molecule has 0 saturated carbocycles. The minimum Gasteiger partial charge on any atom is -0.449 e. The Morgan fingerprint density at radius 1 is 1.09 bits per heavy atom. The molecule has 1 N–H and O–H groups in total. The number of nitrogens with one attached hydrogen (secondary N) is 1. The maximum absolute atomic E-state index is 12.8. The minimum atomic E-state index is -1.05. The summed E-state index contributed by atoms with van der Waals surface area (Å²) in [5.74, 6) is -1.74. The van der Waals surface area contributed by atoms with Gasteiger partial charge in [0.2, 0.25) is 0 Å². The van der Waals surface area contributed by atoms with E-state index in [4.69, 9.17) is 27.9 Å². The lowest BCUT2D eigenvalue weighted by molar-refractivity contribution is -0.123. The Hall–Kier alpha value is -2.11. The summed E-state index contributed by atoms with van der Waals surface area (Å²) in [4.78, 5) is 23.9. The van der Waals surface area contributed by atoms with E-state index in [-0.39, 0.29) is 5.56 Å². The van der Waals surface area contributed by atoms with Crippen molar-refractivity contribution in [3.8, 4) is 0 Å². The second kappa shape index (κ2) is 7.44. The summed E-state index contributed by atoms with van der Waals surface area (Å²) in [7, 11) is 0. The van der Waals surface area contributed by atoms with Gasteiger partial charge in [-0.3, -0.25) is 4.79 Å². The Morgan fingerprint density at radius 2 is 1.65 bits per heavy atom. The third-order valence-corrected chi connectivity index (χ3v) is 3.30. The quantitative estimate of drug-likeness (QED) is 0.831. The van der Waals surface area contributed by atoms with Crippen molar-refractivity contribution in [3.05, 3.63) is 63.9 Å². The van der Waals surface area contributed by atoms with Crippen molar-refractivity contribution in [2.75, 3.05) is 5.32 Å². The molecule has 0 fully saturated rings. The lowest BCUT2D eigenvalue weighted by Crippen LogP contribution is -2.30. The van der Waals surface area contributed by atoms with Crippen molar-refractivity contribution < 1.29 is 18.7 Å². The Morgan fingerprint density at radius 3 is 2.22 bits per heavy atom. The second-order valence-corrected chi connectivity index (χ2v) is 5.57. The number of rotatable bonds is 4. The molecule has 0 aliphatic carbocycles. The topological polar surface area (TPSA) is 55.4 Å². The van der Waals surface area contributed by atoms with Crippen LogP contribution in [0, 0.1) is 5.82 Å². The Bertz CT molecular complexity index is 714. The van der Waals surface area contributed by atoms with E-state index in [9.17, 15) is 14.0 Å². The molecule has 0 aliphatic heterocycles. The van der Waals surface area contributed by atoms with Crippen molar-refractivity contribution in [2.45, 2.75) is 13.0 Å². The van der Waals surface area contributed by atoms with Crippen LogP contribution in [-0.2, 0) is 9.53 Å². The summed E-state index contributed by atoms with van der Waals surface area (Å²) in [6.45, 7) is 1.42. The number of halogens is 3. The van der Waals surface area contributed by atoms with Crippen molar-refractivity contribution in [2.24, 2.45) is 0 Å². The number of hydrogen-bond acceptors (Lipinski definition) is 3. The van der Waals surface area contributed by atoms with Crippen molar-refractivity contribution in [3.63, 3.8) is 0 Å². The SMILES string of the molecule is C[C@H](OC(=O)c1ccc(F)cc1)C(=O)Nc1cc(Cl)cc(Cl)c1. The number of benzene rings is 2. The maximum atomic E-state index is 12.8. The molecule has 1 atom stereocenters. The molecule has 23 heavy (non-hydrogen) atoms. The molecule has 0 aromatic heterocycles. The number of carbonyl (C=O) groups excluding carboxylic acids is 2.